The molecule has 0 aliphatic heterocycles. The van der Waals surface area contributed by atoms with Crippen LogP contribution in [0.2, 0.25) is 0 Å². The largest absolute Gasteiger partial charge is 0.389 e. The molecule has 0 fully saturated rings. The Balaban J connectivity index is 1.82. The predicted octanol–water partition coefficient (Wildman–Crippen LogP) is 1.49. The molecule has 0 radical (unpaired) electrons. The first-order chi connectivity index (χ1) is 8.83. The zero-order valence-electron chi connectivity index (χ0n) is 11.4. The number of aliphatic hydroxyl groups excluding tert-OH is 1. The van der Waals surface area contributed by atoms with Crippen LogP contribution in [0.3, 0.4) is 0 Å². The number of nitrogens with one attached hydrogen (secondary N) is 1. The van der Waals surface area contributed by atoms with Gasteiger partial charge in [-0.05, 0) is 19.3 Å². The molecule has 0 aromatic rings. The molecule has 0 amide bonds. The summed E-state index contributed by atoms with van der Waals surface area (Å²) in [5, 5.41) is 13.0. The van der Waals surface area contributed by atoms with E-state index in [4.69, 9.17) is 9.47 Å². The third-order valence-corrected chi connectivity index (χ3v) is 2.97. The van der Waals surface area contributed by atoms with E-state index in [0.29, 0.717) is 32.4 Å². The number of hydrogen-bond acceptors (Lipinski definition) is 4. The monoisotopic (exact) mass is 257 g/mol. The summed E-state index contributed by atoms with van der Waals surface area (Å²) in [5.74, 6) is 0. The van der Waals surface area contributed by atoms with Gasteiger partial charge in [0.25, 0.3) is 0 Å². The van der Waals surface area contributed by atoms with E-state index in [0.717, 1.165) is 32.3 Å². The van der Waals surface area contributed by atoms with E-state index in [1.165, 1.54) is 0 Å². The molecule has 0 aromatic heterocycles. The van der Waals surface area contributed by atoms with Gasteiger partial charge < -0.3 is 19.9 Å². The average Bonchev–Trinajstić information content (AvgIpc) is 2.88. The Morgan fingerprint density at radius 2 is 1.94 bits per heavy atom. The second-order valence-corrected chi connectivity index (χ2v) is 4.74. The topological polar surface area (TPSA) is 50.7 Å². The zero-order valence-corrected chi connectivity index (χ0v) is 11.4. The van der Waals surface area contributed by atoms with Crippen LogP contribution >= 0.6 is 0 Å². The Kier molecular flexibility index (Phi) is 9.12. The van der Waals surface area contributed by atoms with E-state index in [1.807, 2.05) is 0 Å². The lowest BCUT2D eigenvalue weighted by molar-refractivity contribution is 0.00329. The van der Waals surface area contributed by atoms with Crippen LogP contribution in [0.4, 0.5) is 0 Å². The van der Waals surface area contributed by atoms with Crippen LogP contribution in [0.5, 0.6) is 0 Å². The second kappa shape index (κ2) is 10.5. The Morgan fingerprint density at radius 1 is 1.22 bits per heavy atom. The number of hydrogen-bond donors (Lipinski definition) is 2. The molecule has 0 saturated carbocycles. The van der Waals surface area contributed by atoms with Crippen molar-refractivity contribution in [3.63, 3.8) is 0 Å². The molecule has 0 aromatic carbocycles. The van der Waals surface area contributed by atoms with Crippen LogP contribution in [-0.4, -0.2) is 50.2 Å². The molecular weight excluding hydrogens is 230 g/mol. The predicted molar refractivity (Wildman–Crippen MR) is 72.7 cm³/mol. The highest BCUT2D eigenvalue weighted by Gasteiger charge is 2.11. The Labute approximate surface area is 110 Å². The SMILES string of the molecule is CCCCOCCOCC(O)CNC1CC=CC1. The average molecular weight is 257 g/mol. The lowest BCUT2D eigenvalue weighted by Crippen LogP contribution is -2.36. The number of ether oxygens (including phenoxy) is 2. The molecule has 1 atom stereocenters. The fourth-order valence-electron chi connectivity index (χ4n) is 1.83. The van der Waals surface area contributed by atoms with Crippen LogP contribution in [0.25, 0.3) is 0 Å². The second-order valence-electron chi connectivity index (χ2n) is 4.74. The fraction of sp³-hybridized carbons (Fsp3) is 0.857. The van der Waals surface area contributed by atoms with Gasteiger partial charge in [-0.15, -0.1) is 0 Å². The van der Waals surface area contributed by atoms with Crippen LogP contribution in [0.15, 0.2) is 12.2 Å². The van der Waals surface area contributed by atoms with Crippen molar-refractivity contribution < 1.29 is 14.6 Å². The van der Waals surface area contributed by atoms with Crippen LogP contribution in [0, 0.1) is 0 Å². The number of unbranched alkanes of at least 4 members (excludes halogenated alkanes) is 1. The van der Waals surface area contributed by atoms with Gasteiger partial charge in [-0.3, -0.25) is 0 Å². The highest BCUT2D eigenvalue weighted by atomic mass is 16.5. The van der Waals surface area contributed by atoms with Gasteiger partial charge in [-0.25, -0.2) is 0 Å². The molecule has 1 unspecified atom stereocenters. The summed E-state index contributed by atoms with van der Waals surface area (Å²) in [4.78, 5) is 0. The summed E-state index contributed by atoms with van der Waals surface area (Å²) < 4.78 is 10.7. The molecule has 0 saturated heterocycles. The van der Waals surface area contributed by atoms with Crippen molar-refractivity contribution in [1.29, 1.82) is 0 Å². The van der Waals surface area contributed by atoms with Gasteiger partial charge in [0.1, 0.15) is 0 Å². The molecule has 1 aliphatic rings. The van der Waals surface area contributed by atoms with E-state index < -0.39 is 6.10 Å². The molecule has 18 heavy (non-hydrogen) atoms. The fourth-order valence-corrected chi connectivity index (χ4v) is 1.83. The van der Waals surface area contributed by atoms with Gasteiger partial charge >= 0.3 is 0 Å². The van der Waals surface area contributed by atoms with Crippen LogP contribution < -0.4 is 5.32 Å². The Bertz CT molecular complexity index is 213. The first-order valence-corrected chi connectivity index (χ1v) is 7.05. The first kappa shape index (κ1) is 15.6. The van der Waals surface area contributed by atoms with Crippen LogP contribution in [-0.2, 0) is 9.47 Å². The minimum atomic E-state index is -0.429. The third-order valence-electron chi connectivity index (χ3n) is 2.97. The number of rotatable bonds is 11. The summed E-state index contributed by atoms with van der Waals surface area (Å²) in [6.45, 7) is 5.10. The normalized spacial score (nSPS) is 17.4. The molecule has 4 nitrogen and oxygen atoms in total. The van der Waals surface area contributed by atoms with Crippen molar-refractivity contribution >= 4 is 0 Å². The summed E-state index contributed by atoms with van der Waals surface area (Å²) in [6, 6.07) is 0.497. The number of aliphatic hydroxyl groups is 1. The summed E-state index contributed by atoms with van der Waals surface area (Å²) in [7, 11) is 0. The minimum absolute atomic E-state index is 0.379. The molecule has 0 bridgehead atoms. The smallest absolute Gasteiger partial charge is 0.0897 e. The van der Waals surface area contributed by atoms with Crippen LogP contribution in [0.1, 0.15) is 32.6 Å². The molecular formula is C14H27NO3. The maximum absolute atomic E-state index is 9.70. The lowest BCUT2D eigenvalue weighted by atomic mass is 10.2. The highest BCUT2D eigenvalue weighted by Crippen LogP contribution is 2.08. The summed E-state index contributed by atoms with van der Waals surface area (Å²) >= 11 is 0. The van der Waals surface area contributed by atoms with Crippen molar-refractivity contribution in [3.8, 4) is 0 Å². The van der Waals surface area contributed by atoms with Crippen molar-refractivity contribution in [2.75, 3.05) is 33.0 Å². The molecule has 106 valence electrons. The molecule has 0 spiro atoms. The first-order valence-electron chi connectivity index (χ1n) is 7.05. The third kappa shape index (κ3) is 7.82. The van der Waals surface area contributed by atoms with Gasteiger partial charge in [0, 0.05) is 19.2 Å². The highest BCUT2D eigenvalue weighted by molar-refractivity contribution is 4.97. The zero-order chi connectivity index (χ0) is 13.1. The minimum Gasteiger partial charge on any atom is -0.389 e. The standard InChI is InChI=1S/C14H27NO3/c1-2-3-8-17-9-10-18-12-14(16)11-15-13-6-4-5-7-13/h4-5,13-16H,2-3,6-12H2,1H3. The van der Waals surface area contributed by atoms with E-state index in [2.05, 4.69) is 24.4 Å². The quantitative estimate of drug-likeness (QED) is 0.435. The molecule has 0 heterocycles. The maximum Gasteiger partial charge on any atom is 0.0897 e. The van der Waals surface area contributed by atoms with Crippen molar-refractivity contribution in [3.05, 3.63) is 12.2 Å². The van der Waals surface area contributed by atoms with Crippen molar-refractivity contribution in [1.82, 2.24) is 5.32 Å². The van der Waals surface area contributed by atoms with Gasteiger partial charge in [0.15, 0.2) is 0 Å². The lowest BCUT2D eigenvalue weighted by Gasteiger charge is -2.16. The summed E-state index contributed by atoms with van der Waals surface area (Å²) in [5.41, 5.74) is 0. The van der Waals surface area contributed by atoms with Crippen molar-refractivity contribution in [2.45, 2.75) is 44.8 Å². The van der Waals surface area contributed by atoms with Crippen molar-refractivity contribution in [2.24, 2.45) is 0 Å². The molecule has 2 N–H and O–H groups in total. The van der Waals surface area contributed by atoms with E-state index in [1.54, 1.807) is 0 Å². The van der Waals surface area contributed by atoms with Gasteiger partial charge in [0.05, 0.1) is 25.9 Å². The van der Waals surface area contributed by atoms with E-state index >= 15 is 0 Å². The molecule has 1 rings (SSSR count). The Hall–Kier alpha value is -0.420. The summed E-state index contributed by atoms with van der Waals surface area (Å²) in [6.07, 6.45) is 8.31. The Morgan fingerprint density at radius 3 is 2.67 bits per heavy atom. The molecule has 4 heteroatoms. The maximum atomic E-state index is 9.70. The molecule has 1 aliphatic carbocycles. The van der Waals surface area contributed by atoms with E-state index in [9.17, 15) is 5.11 Å². The van der Waals surface area contributed by atoms with Gasteiger partial charge in [-0.2, -0.15) is 0 Å². The van der Waals surface area contributed by atoms with Gasteiger partial charge in [-0.1, -0.05) is 25.5 Å². The van der Waals surface area contributed by atoms with Gasteiger partial charge in [0.2, 0.25) is 0 Å². The van der Waals surface area contributed by atoms with E-state index in [-0.39, 0.29) is 0 Å².